The monoisotopic (exact) mass is 267 g/mol. The van der Waals surface area contributed by atoms with Crippen molar-refractivity contribution >= 4 is 23.4 Å². The van der Waals surface area contributed by atoms with E-state index in [1.165, 1.54) is 0 Å². The van der Waals surface area contributed by atoms with E-state index in [9.17, 15) is 4.79 Å². The molecular weight excluding hydrogens is 246 g/mol. The molecule has 0 aliphatic carbocycles. The summed E-state index contributed by atoms with van der Waals surface area (Å²) in [5.74, 6) is -0.0700. The molecule has 4 nitrogen and oxygen atoms in total. The van der Waals surface area contributed by atoms with Gasteiger partial charge in [-0.05, 0) is 26.2 Å². The van der Waals surface area contributed by atoms with Gasteiger partial charge in [0.2, 0.25) is 0 Å². The molecule has 1 rings (SSSR count). The summed E-state index contributed by atoms with van der Waals surface area (Å²) in [6.07, 6.45) is 3.67. The number of aryl methyl sites for hydroxylation is 1. The third kappa shape index (κ3) is 4.22. The molecule has 0 saturated heterocycles. The molecule has 5 heteroatoms. The lowest BCUT2D eigenvalue weighted by atomic mass is 10.2. The van der Waals surface area contributed by atoms with Crippen LogP contribution in [-0.4, -0.2) is 35.5 Å². The maximum Gasteiger partial charge on any atom is 0.254 e. The van der Waals surface area contributed by atoms with Crippen LogP contribution in [0.15, 0.2) is 12.3 Å². The Labute approximate surface area is 113 Å². The molecule has 1 aromatic heterocycles. The molecule has 0 radical (unpaired) electrons. The van der Waals surface area contributed by atoms with Crippen LogP contribution in [0.1, 0.15) is 29.9 Å². The number of anilines is 1. The maximum absolute atomic E-state index is 12.1. The molecule has 100 valence electrons. The third-order valence-corrected chi connectivity index (χ3v) is 3.58. The lowest BCUT2D eigenvalue weighted by Gasteiger charge is -2.13. The number of hydrogen-bond donors (Lipinski definition) is 2. The van der Waals surface area contributed by atoms with Crippen molar-refractivity contribution in [3.63, 3.8) is 0 Å². The van der Waals surface area contributed by atoms with Crippen molar-refractivity contribution in [1.82, 2.24) is 10.3 Å². The lowest BCUT2D eigenvalue weighted by Crippen LogP contribution is -2.30. The molecular formula is C13H21N3OS. The van der Waals surface area contributed by atoms with Crippen LogP contribution >= 0.6 is 11.8 Å². The first-order valence-corrected chi connectivity index (χ1v) is 7.38. The number of aromatic nitrogens is 1. The number of nitrogens with zero attached hydrogens (tertiary/aromatic N) is 1. The summed E-state index contributed by atoms with van der Waals surface area (Å²) in [7, 11) is 0. The van der Waals surface area contributed by atoms with Crippen molar-refractivity contribution in [3.05, 3.63) is 23.5 Å². The van der Waals surface area contributed by atoms with Crippen molar-refractivity contribution in [2.75, 3.05) is 24.7 Å². The highest BCUT2D eigenvalue weighted by molar-refractivity contribution is 7.99. The first-order valence-electron chi connectivity index (χ1n) is 6.10. The minimum atomic E-state index is -0.0700. The molecule has 0 saturated carbocycles. The molecule has 1 unspecified atom stereocenters. The molecule has 1 aromatic rings. The highest BCUT2D eigenvalue weighted by Gasteiger charge is 2.12. The first kappa shape index (κ1) is 14.8. The maximum atomic E-state index is 12.1. The van der Waals surface area contributed by atoms with Crippen LogP contribution in [0.4, 0.5) is 5.69 Å². The van der Waals surface area contributed by atoms with E-state index in [1.54, 1.807) is 18.0 Å². The summed E-state index contributed by atoms with van der Waals surface area (Å²) < 4.78 is 0. The quantitative estimate of drug-likeness (QED) is 0.830. The Balaban J connectivity index is 2.78. The summed E-state index contributed by atoms with van der Waals surface area (Å²) in [4.78, 5) is 16.3. The van der Waals surface area contributed by atoms with Gasteiger partial charge < -0.3 is 10.6 Å². The van der Waals surface area contributed by atoms with Crippen LogP contribution in [0.2, 0.25) is 0 Å². The number of hydrogen-bond acceptors (Lipinski definition) is 4. The summed E-state index contributed by atoms with van der Waals surface area (Å²) in [5, 5.41) is 6.53. The Morgan fingerprint density at radius 1 is 1.56 bits per heavy atom. The van der Waals surface area contributed by atoms with Crippen molar-refractivity contribution < 1.29 is 4.79 Å². The fourth-order valence-electron chi connectivity index (χ4n) is 1.49. The van der Waals surface area contributed by atoms with Gasteiger partial charge in [-0.3, -0.25) is 9.78 Å². The first-order chi connectivity index (χ1) is 8.58. The fourth-order valence-corrected chi connectivity index (χ4v) is 1.74. The van der Waals surface area contributed by atoms with E-state index < -0.39 is 0 Å². The number of carbonyl (C=O) groups is 1. The zero-order chi connectivity index (χ0) is 13.5. The van der Waals surface area contributed by atoms with Gasteiger partial charge in [0.15, 0.2) is 0 Å². The number of rotatable bonds is 6. The Hall–Kier alpha value is -1.23. The van der Waals surface area contributed by atoms with Crippen LogP contribution in [0, 0.1) is 6.92 Å². The van der Waals surface area contributed by atoms with Gasteiger partial charge in [-0.1, -0.05) is 6.92 Å². The van der Waals surface area contributed by atoms with E-state index in [2.05, 4.69) is 22.5 Å². The molecule has 0 aliphatic rings. The van der Waals surface area contributed by atoms with Gasteiger partial charge in [-0.2, -0.15) is 11.8 Å². The number of nitrogens with one attached hydrogen (secondary N) is 2. The van der Waals surface area contributed by atoms with E-state index in [0.717, 1.165) is 17.9 Å². The Kier molecular flexibility index (Phi) is 5.98. The summed E-state index contributed by atoms with van der Waals surface area (Å²) in [6, 6.07) is 1.90. The van der Waals surface area contributed by atoms with Crippen LogP contribution in [-0.2, 0) is 0 Å². The second-order valence-electron chi connectivity index (χ2n) is 4.16. The number of pyridine rings is 1. The van der Waals surface area contributed by atoms with Crippen LogP contribution in [0.5, 0.6) is 0 Å². The summed E-state index contributed by atoms with van der Waals surface area (Å²) >= 11 is 1.73. The minimum Gasteiger partial charge on any atom is -0.385 e. The van der Waals surface area contributed by atoms with Gasteiger partial charge in [0.25, 0.3) is 5.91 Å². The highest BCUT2D eigenvalue weighted by Crippen LogP contribution is 2.15. The second kappa shape index (κ2) is 7.26. The van der Waals surface area contributed by atoms with Crippen molar-refractivity contribution in [3.8, 4) is 0 Å². The van der Waals surface area contributed by atoms with Gasteiger partial charge in [-0.25, -0.2) is 0 Å². The van der Waals surface area contributed by atoms with E-state index in [0.29, 0.717) is 17.4 Å². The van der Waals surface area contributed by atoms with Gasteiger partial charge in [0, 0.05) is 30.2 Å². The van der Waals surface area contributed by atoms with Crippen LogP contribution < -0.4 is 10.6 Å². The number of carbonyl (C=O) groups excluding carboxylic acids is 1. The SMILES string of the molecule is CCNc1cc(C)ncc1C(=O)NCC(C)SC. The third-order valence-electron chi connectivity index (χ3n) is 2.60. The molecule has 0 bridgehead atoms. The molecule has 0 spiro atoms. The molecule has 1 amide bonds. The second-order valence-corrected chi connectivity index (χ2v) is 5.43. The molecule has 0 aromatic carbocycles. The highest BCUT2D eigenvalue weighted by atomic mass is 32.2. The smallest absolute Gasteiger partial charge is 0.254 e. The predicted molar refractivity (Wildman–Crippen MR) is 78.4 cm³/mol. The molecule has 18 heavy (non-hydrogen) atoms. The lowest BCUT2D eigenvalue weighted by molar-refractivity contribution is 0.0954. The average molecular weight is 267 g/mol. The van der Waals surface area contributed by atoms with E-state index in [-0.39, 0.29) is 5.91 Å². The van der Waals surface area contributed by atoms with Gasteiger partial charge in [-0.15, -0.1) is 0 Å². The van der Waals surface area contributed by atoms with Gasteiger partial charge in [0.1, 0.15) is 0 Å². The molecule has 2 N–H and O–H groups in total. The van der Waals surface area contributed by atoms with E-state index in [1.807, 2.05) is 26.2 Å². The molecule has 1 atom stereocenters. The topological polar surface area (TPSA) is 54.0 Å². The fraction of sp³-hybridized carbons (Fsp3) is 0.538. The van der Waals surface area contributed by atoms with Crippen LogP contribution in [0.25, 0.3) is 0 Å². The number of thioether (sulfide) groups is 1. The van der Waals surface area contributed by atoms with Gasteiger partial charge >= 0.3 is 0 Å². The standard InChI is InChI=1S/C13H21N3OS/c1-5-14-12-6-9(2)15-8-11(12)13(17)16-7-10(3)18-4/h6,8,10H,5,7H2,1-4H3,(H,14,15)(H,16,17). The largest absolute Gasteiger partial charge is 0.385 e. The normalized spacial score (nSPS) is 12.0. The zero-order valence-electron chi connectivity index (χ0n) is 11.4. The molecule has 0 fully saturated rings. The van der Waals surface area contributed by atoms with Crippen molar-refractivity contribution in [1.29, 1.82) is 0 Å². The van der Waals surface area contributed by atoms with Gasteiger partial charge in [0.05, 0.1) is 11.3 Å². The molecule has 0 aliphatic heterocycles. The zero-order valence-corrected chi connectivity index (χ0v) is 12.2. The van der Waals surface area contributed by atoms with E-state index >= 15 is 0 Å². The Bertz CT molecular complexity index is 409. The predicted octanol–water partition coefficient (Wildman–Crippen LogP) is 2.30. The Morgan fingerprint density at radius 2 is 2.28 bits per heavy atom. The summed E-state index contributed by atoms with van der Waals surface area (Å²) in [5.41, 5.74) is 2.36. The van der Waals surface area contributed by atoms with Crippen molar-refractivity contribution in [2.45, 2.75) is 26.0 Å². The molecule has 1 heterocycles. The van der Waals surface area contributed by atoms with Crippen LogP contribution in [0.3, 0.4) is 0 Å². The van der Waals surface area contributed by atoms with E-state index in [4.69, 9.17) is 0 Å². The summed E-state index contributed by atoms with van der Waals surface area (Å²) in [6.45, 7) is 7.46. The average Bonchev–Trinajstić information content (AvgIpc) is 2.36. The Morgan fingerprint density at radius 3 is 2.89 bits per heavy atom. The van der Waals surface area contributed by atoms with Crippen molar-refractivity contribution in [2.24, 2.45) is 0 Å². The number of amides is 1. The minimum absolute atomic E-state index is 0.0700.